The molecule has 2 aromatic rings. The number of piperidine rings is 1. The lowest BCUT2D eigenvalue weighted by atomic mass is 9.79. The van der Waals surface area contributed by atoms with E-state index in [1.165, 1.54) is 0 Å². The first kappa shape index (κ1) is 21.2. The smallest absolute Gasteiger partial charge is 0.252 e. The van der Waals surface area contributed by atoms with Crippen LogP contribution in [-0.4, -0.2) is 45.0 Å². The first-order valence-corrected chi connectivity index (χ1v) is 10.1. The summed E-state index contributed by atoms with van der Waals surface area (Å²) < 4.78 is 5.43. The van der Waals surface area contributed by atoms with Crippen molar-refractivity contribution in [2.45, 2.75) is 26.7 Å². The Morgan fingerprint density at radius 1 is 1.03 bits per heavy atom. The van der Waals surface area contributed by atoms with Gasteiger partial charge in [0.25, 0.3) is 5.91 Å². The second-order valence-electron chi connectivity index (χ2n) is 8.06. The number of ketones is 1. The van der Waals surface area contributed by atoms with Crippen molar-refractivity contribution in [3.63, 3.8) is 0 Å². The number of benzene rings is 2. The number of hydrogen-bond acceptors (Lipinski definition) is 4. The minimum atomic E-state index is -0.215. The van der Waals surface area contributed by atoms with E-state index in [0.29, 0.717) is 29.8 Å². The Labute approximate surface area is 172 Å². The number of carbonyl (C=O) groups excluding carboxylic acids is 2. The summed E-state index contributed by atoms with van der Waals surface area (Å²) in [5.74, 6) is -0.335. The monoisotopic (exact) mass is 394 g/mol. The van der Waals surface area contributed by atoms with Gasteiger partial charge in [-0.2, -0.15) is 0 Å². The molecule has 2 aromatic carbocycles. The fourth-order valence-corrected chi connectivity index (χ4v) is 4.00. The van der Waals surface area contributed by atoms with Crippen LogP contribution in [0.5, 0.6) is 0 Å². The molecule has 5 nitrogen and oxygen atoms in total. The summed E-state index contributed by atoms with van der Waals surface area (Å²) in [6.07, 6.45) is 1.90. The fourth-order valence-electron chi connectivity index (χ4n) is 4.00. The highest BCUT2D eigenvalue weighted by Gasteiger charge is 2.33. The number of nitrogens with one attached hydrogen (secondary N) is 2. The maximum Gasteiger partial charge on any atom is 0.252 e. The summed E-state index contributed by atoms with van der Waals surface area (Å²) >= 11 is 0. The average Bonchev–Trinajstić information content (AvgIpc) is 2.74. The standard InChI is InChI=1S/C24H30N2O3/c1-17-8-9-18(2)21(14-17)22(27)19-6-4-5-7-20(19)23(28)26-15-24(16-29-3)10-12-25-13-11-24/h4-9,14,25H,10-13,15-16H2,1-3H3,(H,26,28). The van der Waals surface area contributed by atoms with E-state index in [1.54, 1.807) is 31.4 Å². The summed E-state index contributed by atoms with van der Waals surface area (Å²) in [6.45, 7) is 6.86. The van der Waals surface area contributed by atoms with Crippen molar-refractivity contribution >= 4 is 11.7 Å². The van der Waals surface area contributed by atoms with Gasteiger partial charge in [0.2, 0.25) is 0 Å². The molecule has 0 aromatic heterocycles. The minimum absolute atomic E-state index is 0.0677. The van der Waals surface area contributed by atoms with Gasteiger partial charge in [-0.25, -0.2) is 0 Å². The van der Waals surface area contributed by atoms with E-state index in [-0.39, 0.29) is 17.1 Å². The van der Waals surface area contributed by atoms with E-state index in [2.05, 4.69) is 10.6 Å². The summed E-state index contributed by atoms with van der Waals surface area (Å²) in [5.41, 5.74) is 3.35. The number of methoxy groups -OCH3 is 1. The number of carbonyl (C=O) groups is 2. The maximum absolute atomic E-state index is 13.2. The second-order valence-corrected chi connectivity index (χ2v) is 8.06. The van der Waals surface area contributed by atoms with Crippen molar-refractivity contribution in [2.75, 3.05) is 33.4 Å². The van der Waals surface area contributed by atoms with Gasteiger partial charge in [-0.1, -0.05) is 35.9 Å². The Morgan fingerprint density at radius 3 is 2.41 bits per heavy atom. The molecule has 0 saturated carbocycles. The molecular weight excluding hydrogens is 364 g/mol. The van der Waals surface area contributed by atoms with Crippen LogP contribution in [0.3, 0.4) is 0 Å². The van der Waals surface area contributed by atoms with Crippen molar-refractivity contribution in [1.29, 1.82) is 0 Å². The lowest BCUT2D eigenvalue weighted by molar-refractivity contribution is 0.0511. The first-order chi connectivity index (χ1) is 14.0. The van der Waals surface area contributed by atoms with Gasteiger partial charge in [-0.3, -0.25) is 9.59 Å². The van der Waals surface area contributed by atoms with Crippen molar-refractivity contribution in [2.24, 2.45) is 5.41 Å². The quantitative estimate of drug-likeness (QED) is 0.708. The predicted molar refractivity (Wildman–Crippen MR) is 115 cm³/mol. The number of aryl methyl sites for hydroxylation is 2. The van der Waals surface area contributed by atoms with E-state index in [0.717, 1.165) is 37.1 Å². The largest absolute Gasteiger partial charge is 0.384 e. The van der Waals surface area contributed by atoms with Crippen LogP contribution in [-0.2, 0) is 4.74 Å². The highest BCUT2D eigenvalue weighted by atomic mass is 16.5. The molecular formula is C24H30N2O3. The highest BCUT2D eigenvalue weighted by molar-refractivity contribution is 6.15. The SMILES string of the molecule is COCC1(CNC(=O)c2ccccc2C(=O)c2cc(C)ccc2C)CCNCC1. The van der Waals surface area contributed by atoms with Crippen LogP contribution >= 0.6 is 0 Å². The third-order valence-electron chi connectivity index (χ3n) is 5.79. The molecule has 29 heavy (non-hydrogen) atoms. The van der Waals surface area contributed by atoms with Gasteiger partial charge in [0.1, 0.15) is 0 Å². The zero-order valence-corrected chi connectivity index (χ0v) is 17.5. The van der Waals surface area contributed by atoms with Crippen molar-refractivity contribution in [3.8, 4) is 0 Å². The predicted octanol–water partition coefficient (Wildman–Crippen LogP) is 3.28. The lowest BCUT2D eigenvalue weighted by Gasteiger charge is -2.37. The van der Waals surface area contributed by atoms with Crippen LogP contribution in [0.1, 0.15) is 50.2 Å². The van der Waals surface area contributed by atoms with Gasteiger partial charge in [-0.05, 0) is 57.5 Å². The molecule has 1 saturated heterocycles. The molecule has 1 heterocycles. The fraction of sp³-hybridized carbons (Fsp3) is 0.417. The van der Waals surface area contributed by atoms with E-state index in [4.69, 9.17) is 4.74 Å². The Hall–Kier alpha value is -2.50. The lowest BCUT2D eigenvalue weighted by Crippen LogP contribution is -2.47. The van der Waals surface area contributed by atoms with E-state index in [9.17, 15) is 9.59 Å². The molecule has 0 bridgehead atoms. The molecule has 1 fully saturated rings. The van der Waals surface area contributed by atoms with Crippen LogP contribution in [0.25, 0.3) is 0 Å². The molecule has 1 amide bonds. The Bertz CT molecular complexity index is 880. The number of amides is 1. The van der Waals surface area contributed by atoms with Crippen LogP contribution in [0.2, 0.25) is 0 Å². The summed E-state index contributed by atoms with van der Waals surface area (Å²) in [7, 11) is 1.70. The topological polar surface area (TPSA) is 67.4 Å². The van der Waals surface area contributed by atoms with Gasteiger partial charge < -0.3 is 15.4 Å². The van der Waals surface area contributed by atoms with Crippen molar-refractivity contribution in [3.05, 3.63) is 70.3 Å². The van der Waals surface area contributed by atoms with E-state index >= 15 is 0 Å². The Kier molecular flexibility index (Phi) is 6.83. The zero-order chi connectivity index (χ0) is 20.9. The highest BCUT2D eigenvalue weighted by Crippen LogP contribution is 2.28. The minimum Gasteiger partial charge on any atom is -0.384 e. The van der Waals surface area contributed by atoms with Gasteiger partial charge in [0.15, 0.2) is 5.78 Å². The first-order valence-electron chi connectivity index (χ1n) is 10.1. The Balaban J connectivity index is 1.81. The summed E-state index contributed by atoms with van der Waals surface area (Å²) in [4.78, 5) is 26.2. The van der Waals surface area contributed by atoms with Crippen molar-refractivity contribution in [1.82, 2.24) is 10.6 Å². The van der Waals surface area contributed by atoms with Crippen molar-refractivity contribution < 1.29 is 14.3 Å². The number of rotatable bonds is 7. The van der Waals surface area contributed by atoms with Crippen LogP contribution in [0.4, 0.5) is 0 Å². The molecule has 1 aliphatic heterocycles. The van der Waals surface area contributed by atoms with E-state index < -0.39 is 0 Å². The number of ether oxygens (including phenoxy) is 1. The zero-order valence-electron chi connectivity index (χ0n) is 17.5. The van der Waals surface area contributed by atoms with Gasteiger partial charge in [-0.15, -0.1) is 0 Å². The van der Waals surface area contributed by atoms with Crippen LogP contribution in [0, 0.1) is 19.3 Å². The Morgan fingerprint density at radius 2 is 1.72 bits per heavy atom. The van der Waals surface area contributed by atoms with Gasteiger partial charge in [0, 0.05) is 30.2 Å². The molecule has 0 atom stereocenters. The van der Waals surface area contributed by atoms with Crippen LogP contribution < -0.4 is 10.6 Å². The van der Waals surface area contributed by atoms with Gasteiger partial charge in [0.05, 0.1) is 12.2 Å². The summed E-state index contributed by atoms with van der Waals surface area (Å²) in [6, 6.07) is 12.9. The molecule has 0 unspecified atom stereocenters. The molecule has 0 spiro atoms. The molecule has 5 heteroatoms. The molecule has 2 N–H and O–H groups in total. The maximum atomic E-state index is 13.2. The third-order valence-corrected chi connectivity index (χ3v) is 5.79. The van der Waals surface area contributed by atoms with Gasteiger partial charge >= 0.3 is 0 Å². The molecule has 1 aliphatic rings. The molecule has 3 rings (SSSR count). The van der Waals surface area contributed by atoms with E-state index in [1.807, 2.05) is 32.0 Å². The van der Waals surface area contributed by atoms with Crippen LogP contribution in [0.15, 0.2) is 42.5 Å². The summed E-state index contributed by atoms with van der Waals surface area (Å²) in [5, 5.41) is 6.42. The number of hydrogen-bond donors (Lipinski definition) is 2. The molecule has 0 radical (unpaired) electrons. The average molecular weight is 395 g/mol. The molecule has 154 valence electrons. The third kappa shape index (κ3) is 4.92. The second kappa shape index (κ2) is 9.33. The normalized spacial score (nSPS) is 15.7. The molecule has 0 aliphatic carbocycles.